The summed E-state index contributed by atoms with van der Waals surface area (Å²) in [7, 11) is 0. The van der Waals surface area contributed by atoms with Crippen molar-refractivity contribution >= 4 is 29.1 Å². The van der Waals surface area contributed by atoms with Crippen LogP contribution in [0.2, 0.25) is 5.02 Å². The molecule has 22 heavy (non-hydrogen) atoms. The van der Waals surface area contributed by atoms with Crippen LogP contribution in [0, 0.1) is 0 Å². The van der Waals surface area contributed by atoms with Crippen LogP contribution in [0.15, 0.2) is 36.4 Å². The van der Waals surface area contributed by atoms with Crippen LogP contribution in [0.3, 0.4) is 0 Å². The molecule has 6 nitrogen and oxygen atoms in total. The summed E-state index contributed by atoms with van der Waals surface area (Å²) in [5.41, 5.74) is -1.06. The van der Waals surface area contributed by atoms with E-state index in [9.17, 15) is 24.6 Å². The van der Waals surface area contributed by atoms with E-state index in [1.54, 1.807) is 0 Å². The van der Waals surface area contributed by atoms with Crippen molar-refractivity contribution in [2.24, 2.45) is 0 Å². The molecule has 2 aromatic carbocycles. The van der Waals surface area contributed by atoms with Crippen molar-refractivity contribution in [2.45, 2.75) is 0 Å². The first-order chi connectivity index (χ1) is 10.3. The molecular formula is C15H9ClO6. The molecule has 0 aliphatic rings. The van der Waals surface area contributed by atoms with Gasteiger partial charge < -0.3 is 15.3 Å². The fourth-order valence-corrected chi connectivity index (χ4v) is 1.96. The van der Waals surface area contributed by atoms with Crippen LogP contribution in [-0.4, -0.2) is 32.9 Å². The molecule has 0 saturated carbocycles. The lowest BCUT2D eigenvalue weighted by Gasteiger charge is -2.06. The van der Waals surface area contributed by atoms with Crippen LogP contribution < -0.4 is 0 Å². The number of hydrogen-bond acceptors (Lipinski definition) is 5. The Hall–Kier alpha value is -2.86. The van der Waals surface area contributed by atoms with Gasteiger partial charge in [0.15, 0.2) is 0 Å². The Kier molecular flexibility index (Phi) is 4.14. The number of Topliss-reactive ketones (excluding diaryl/α,β-unsaturated/α-hetero) is 2. The van der Waals surface area contributed by atoms with Crippen molar-refractivity contribution in [2.75, 3.05) is 0 Å². The summed E-state index contributed by atoms with van der Waals surface area (Å²) in [6.45, 7) is 0. The maximum absolute atomic E-state index is 12.1. The van der Waals surface area contributed by atoms with Crippen LogP contribution in [-0.2, 0) is 0 Å². The molecule has 0 unspecified atom stereocenters. The number of hydrogen-bond donors (Lipinski definition) is 3. The normalized spacial score (nSPS) is 10.2. The number of aromatic carboxylic acids is 1. The molecule has 2 aromatic rings. The van der Waals surface area contributed by atoms with Gasteiger partial charge in [-0.15, -0.1) is 0 Å². The molecule has 0 heterocycles. The predicted octanol–water partition coefficient (Wildman–Crippen LogP) is 2.51. The van der Waals surface area contributed by atoms with Crippen LogP contribution in [0.1, 0.15) is 31.1 Å². The van der Waals surface area contributed by atoms with Crippen molar-refractivity contribution in [3.8, 4) is 11.5 Å². The smallest absolute Gasteiger partial charge is 0.335 e. The van der Waals surface area contributed by atoms with Crippen molar-refractivity contribution in [1.29, 1.82) is 0 Å². The van der Waals surface area contributed by atoms with E-state index in [1.807, 2.05) is 0 Å². The highest BCUT2D eigenvalue weighted by Gasteiger charge is 2.25. The van der Waals surface area contributed by atoms with Gasteiger partial charge in [0.2, 0.25) is 11.6 Å². The van der Waals surface area contributed by atoms with E-state index in [-0.39, 0.29) is 16.1 Å². The zero-order valence-electron chi connectivity index (χ0n) is 10.9. The fraction of sp³-hybridized carbons (Fsp3) is 0. The van der Waals surface area contributed by atoms with Gasteiger partial charge in [-0.1, -0.05) is 11.6 Å². The highest BCUT2D eigenvalue weighted by molar-refractivity contribution is 6.50. The van der Waals surface area contributed by atoms with E-state index in [4.69, 9.17) is 16.7 Å². The number of halogens is 1. The van der Waals surface area contributed by atoms with Gasteiger partial charge in [0.05, 0.1) is 16.7 Å². The first-order valence-corrected chi connectivity index (χ1v) is 6.33. The molecule has 0 saturated heterocycles. The Balaban J connectivity index is 2.47. The van der Waals surface area contributed by atoms with Crippen LogP contribution in [0.5, 0.6) is 11.5 Å². The summed E-state index contributed by atoms with van der Waals surface area (Å²) >= 11 is 5.71. The second-order valence-electron chi connectivity index (χ2n) is 4.36. The van der Waals surface area contributed by atoms with Gasteiger partial charge in [-0.2, -0.15) is 0 Å². The van der Waals surface area contributed by atoms with Gasteiger partial charge in [-0.25, -0.2) is 4.79 Å². The Bertz CT molecular complexity index is 797. The van der Waals surface area contributed by atoms with Gasteiger partial charge >= 0.3 is 5.97 Å². The van der Waals surface area contributed by atoms with Crippen molar-refractivity contribution in [3.63, 3.8) is 0 Å². The number of carboxylic acid groups (broad SMARTS) is 1. The third kappa shape index (κ3) is 2.91. The van der Waals surface area contributed by atoms with Crippen LogP contribution >= 0.6 is 11.6 Å². The molecule has 0 aromatic heterocycles. The number of aromatic hydroxyl groups is 2. The molecule has 3 N–H and O–H groups in total. The average molecular weight is 321 g/mol. The minimum Gasteiger partial charge on any atom is -0.507 e. The SMILES string of the molecule is O=C(O)c1ccc(O)c(C(=O)C(=O)c2cc(Cl)ccc2O)c1. The minimum atomic E-state index is -1.31. The molecule has 0 bridgehead atoms. The van der Waals surface area contributed by atoms with E-state index < -0.39 is 34.6 Å². The summed E-state index contributed by atoms with van der Waals surface area (Å²) < 4.78 is 0. The number of ketones is 2. The monoisotopic (exact) mass is 320 g/mol. The number of phenols is 2. The summed E-state index contributed by atoms with van der Waals surface area (Å²) in [5, 5.41) is 28.3. The second kappa shape index (κ2) is 5.87. The number of benzene rings is 2. The topological polar surface area (TPSA) is 112 Å². The summed E-state index contributed by atoms with van der Waals surface area (Å²) in [6.07, 6.45) is 0. The van der Waals surface area contributed by atoms with Crippen molar-refractivity contribution < 1.29 is 29.7 Å². The molecule has 7 heteroatoms. The van der Waals surface area contributed by atoms with Gasteiger partial charge in [0, 0.05) is 5.02 Å². The minimum absolute atomic E-state index is 0.137. The lowest BCUT2D eigenvalue weighted by Crippen LogP contribution is -2.15. The average Bonchev–Trinajstić information content (AvgIpc) is 2.48. The van der Waals surface area contributed by atoms with Gasteiger partial charge in [-0.05, 0) is 36.4 Å². The lowest BCUT2D eigenvalue weighted by atomic mass is 9.98. The molecule has 0 aliphatic carbocycles. The third-order valence-corrected chi connectivity index (χ3v) is 3.13. The quantitative estimate of drug-likeness (QED) is 0.589. The Labute approximate surface area is 129 Å². The van der Waals surface area contributed by atoms with E-state index in [1.165, 1.54) is 6.07 Å². The van der Waals surface area contributed by atoms with E-state index >= 15 is 0 Å². The number of carbonyl (C=O) groups excluding carboxylic acids is 2. The predicted molar refractivity (Wildman–Crippen MR) is 76.8 cm³/mol. The molecule has 0 spiro atoms. The molecule has 0 atom stereocenters. The molecule has 112 valence electrons. The zero-order valence-corrected chi connectivity index (χ0v) is 11.7. The van der Waals surface area contributed by atoms with Gasteiger partial charge in [-0.3, -0.25) is 9.59 Å². The Morgan fingerprint density at radius 3 is 1.86 bits per heavy atom. The molecular weight excluding hydrogens is 312 g/mol. The number of rotatable bonds is 4. The van der Waals surface area contributed by atoms with Gasteiger partial charge in [0.1, 0.15) is 11.5 Å². The third-order valence-electron chi connectivity index (χ3n) is 2.90. The van der Waals surface area contributed by atoms with Gasteiger partial charge in [0.25, 0.3) is 0 Å². The van der Waals surface area contributed by atoms with E-state index in [0.717, 1.165) is 30.3 Å². The van der Waals surface area contributed by atoms with Crippen molar-refractivity contribution in [1.82, 2.24) is 0 Å². The highest BCUT2D eigenvalue weighted by atomic mass is 35.5. The first-order valence-electron chi connectivity index (χ1n) is 5.95. The van der Waals surface area contributed by atoms with Crippen LogP contribution in [0.4, 0.5) is 0 Å². The van der Waals surface area contributed by atoms with Crippen LogP contribution in [0.25, 0.3) is 0 Å². The summed E-state index contributed by atoms with van der Waals surface area (Å²) in [5.74, 6) is -4.57. The zero-order chi connectivity index (χ0) is 16.4. The maximum atomic E-state index is 12.1. The molecule has 0 aliphatic heterocycles. The maximum Gasteiger partial charge on any atom is 0.335 e. The summed E-state index contributed by atoms with van der Waals surface area (Å²) in [6, 6.07) is 6.57. The molecule has 0 radical (unpaired) electrons. The standard InChI is InChI=1S/C15H9ClO6/c16-8-2-4-12(18)10(6-8)14(20)13(19)9-5-7(15(21)22)1-3-11(9)17/h1-6,17-18H,(H,21,22). The fourth-order valence-electron chi connectivity index (χ4n) is 1.79. The molecule has 2 rings (SSSR count). The first kappa shape index (κ1) is 15.5. The molecule has 0 fully saturated rings. The molecule has 0 amide bonds. The second-order valence-corrected chi connectivity index (χ2v) is 4.79. The largest absolute Gasteiger partial charge is 0.507 e. The van der Waals surface area contributed by atoms with E-state index in [2.05, 4.69) is 0 Å². The number of carboxylic acids is 1. The number of phenolic OH excluding ortho intramolecular Hbond substituents is 2. The van der Waals surface area contributed by atoms with E-state index in [0.29, 0.717) is 0 Å². The lowest BCUT2D eigenvalue weighted by molar-refractivity contribution is 0.0696. The van der Waals surface area contributed by atoms with Crippen molar-refractivity contribution in [3.05, 3.63) is 58.1 Å². The summed E-state index contributed by atoms with van der Waals surface area (Å²) in [4.78, 5) is 35.2. The Morgan fingerprint density at radius 2 is 1.32 bits per heavy atom. The number of carbonyl (C=O) groups is 3. The highest BCUT2D eigenvalue weighted by Crippen LogP contribution is 2.26. The Morgan fingerprint density at radius 1 is 0.818 bits per heavy atom.